The zero-order valence-corrected chi connectivity index (χ0v) is 13.3. The van der Waals surface area contributed by atoms with Gasteiger partial charge in [0.25, 0.3) is 0 Å². The van der Waals surface area contributed by atoms with Gasteiger partial charge in [-0.15, -0.1) is 0 Å². The van der Waals surface area contributed by atoms with Crippen molar-refractivity contribution in [3.05, 3.63) is 18.1 Å². The maximum Gasteiger partial charge on any atom is 0.410 e. The van der Waals surface area contributed by atoms with Crippen LogP contribution in [0.5, 0.6) is 0 Å². The topological polar surface area (TPSA) is 58.6 Å². The lowest BCUT2D eigenvalue weighted by molar-refractivity contribution is 0.0240. The average Bonchev–Trinajstić information content (AvgIpc) is 2.46. The van der Waals surface area contributed by atoms with Crippen LogP contribution < -0.4 is 4.90 Å². The fourth-order valence-corrected chi connectivity index (χ4v) is 2.20. The molecule has 116 valence electrons. The van der Waals surface area contributed by atoms with Crippen molar-refractivity contribution in [1.82, 2.24) is 14.9 Å². The summed E-state index contributed by atoms with van der Waals surface area (Å²) in [6, 6.07) is 2.02. The number of hydrogen-bond donors (Lipinski definition) is 0. The highest BCUT2D eigenvalue weighted by Gasteiger charge is 2.26. The van der Waals surface area contributed by atoms with Gasteiger partial charge in [0.15, 0.2) is 0 Å². The summed E-state index contributed by atoms with van der Waals surface area (Å²) >= 11 is 0. The Labute approximate surface area is 126 Å². The second-order valence-electron chi connectivity index (χ2n) is 6.18. The van der Waals surface area contributed by atoms with Crippen molar-refractivity contribution in [1.29, 1.82) is 0 Å². The van der Waals surface area contributed by atoms with Gasteiger partial charge in [-0.25, -0.2) is 14.8 Å². The smallest absolute Gasteiger partial charge is 0.410 e. The van der Waals surface area contributed by atoms with Crippen LogP contribution in [-0.4, -0.2) is 52.7 Å². The van der Waals surface area contributed by atoms with Crippen molar-refractivity contribution in [2.75, 3.05) is 31.1 Å². The van der Waals surface area contributed by atoms with Crippen LogP contribution >= 0.6 is 0 Å². The number of hydrogen-bond acceptors (Lipinski definition) is 5. The van der Waals surface area contributed by atoms with E-state index in [2.05, 4.69) is 21.8 Å². The molecular formula is C15H24N4O2. The van der Waals surface area contributed by atoms with Crippen LogP contribution in [0, 0.1) is 0 Å². The lowest BCUT2D eigenvalue weighted by Gasteiger charge is -2.36. The minimum Gasteiger partial charge on any atom is -0.444 e. The van der Waals surface area contributed by atoms with E-state index in [0.29, 0.717) is 13.1 Å². The molecule has 1 aliphatic heterocycles. The number of amides is 1. The van der Waals surface area contributed by atoms with Crippen LogP contribution in [0.1, 0.15) is 33.4 Å². The van der Waals surface area contributed by atoms with Crippen molar-refractivity contribution >= 4 is 11.9 Å². The first-order valence-corrected chi connectivity index (χ1v) is 7.43. The first kappa shape index (κ1) is 15.5. The Bertz CT molecular complexity index is 491. The first-order chi connectivity index (χ1) is 9.89. The molecule has 0 N–H and O–H groups in total. The van der Waals surface area contributed by atoms with Crippen molar-refractivity contribution in [3.8, 4) is 0 Å². The molecule has 6 nitrogen and oxygen atoms in total. The highest BCUT2D eigenvalue weighted by molar-refractivity contribution is 5.68. The summed E-state index contributed by atoms with van der Waals surface area (Å²) in [6.45, 7) is 10.6. The molecule has 2 heterocycles. The summed E-state index contributed by atoms with van der Waals surface area (Å²) in [6.07, 6.45) is 2.26. The SMILES string of the molecule is CCc1cc(N2CCN(C(=O)OC(C)(C)C)CC2)ncn1. The number of anilines is 1. The Kier molecular flexibility index (Phi) is 4.65. The Morgan fingerprint density at radius 2 is 1.90 bits per heavy atom. The molecule has 0 aliphatic carbocycles. The molecular weight excluding hydrogens is 268 g/mol. The molecule has 0 bridgehead atoms. The molecule has 0 saturated carbocycles. The third-order valence-corrected chi connectivity index (χ3v) is 3.33. The Balaban J connectivity index is 1.92. The van der Waals surface area contributed by atoms with Crippen LogP contribution in [0.3, 0.4) is 0 Å². The van der Waals surface area contributed by atoms with Gasteiger partial charge in [0.2, 0.25) is 0 Å². The number of nitrogens with zero attached hydrogens (tertiary/aromatic N) is 4. The van der Waals surface area contributed by atoms with Gasteiger partial charge in [0.1, 0.15) is 17.7 Å². The van der Waals surface area contributed by atoms with Gasteiger partial charge in [-0.2, -0.15) is 0 Å². The quantitative estimate of drug-likeness (QED) is 0.835. The maximum atomic E-state index is 12.0. The zero-order chi connectivity index (χ0) is 15.5. The summed E-state index contributed by atoms with van der Waals surface area (Å²) in [5.41, 5.74) is 0.589. The number of ether oxygens (including phenoxy) is 1. The van der Waals surface area contributed by atoms with Gasteiger partial charge in [0.05, 0.1) is 0 Å². The number of piperazine rings is 1. The van der Waals surface area contributed by atoms with Crippen LogP contribution in [0.2, 0.25) is 0 Å². The second kappa shape index (κ2) is 6.28. The zero-order valence-electron chi connectivity index (χ0n) is 13.3. The van der Waals surface area contributed by atoms with Gasteiger partial charge in [-0.05, 0) is 27.2 Å². The minimum atomic E-state index is -0.448. The summed E-state index contributed by atoms with van der Waals surface area (Å²) in [5.74, 6) is 0.936. The van der Waals surface area contributed by atoms with E-state index < -0.39 is 5.60 Å². The van der Waals surface area contributed by atoms with Crippen LogP contribution in [0.15, 0.2) is 12.4 Å². The largest absolute Gasteiger partial charge is 0.444 e. The van der Waals surface area contributed by atoms with Gasteiger partial charge >= 0.3 is 6.09 Å². The molecule has 0 aromatic carbocycles. The third-order valence-electron chi connectivity index (χ3n) is 3.33. The van der Waals surface area contributed by atoms with E-state index in [1.807, 2.05) is 26.8 Å². The van der Waals surface area contributed by atoms with Crippen LogP contribution in [-0.2, 0) is 11.2 Å². The molecule has 1 aromatic rings. The molecule has 21 heavy (non-hydrogen) atoms. The van der Waals surface area contributed by atoms with Gasteiger partial charge < -0.3 is 14.5 Å². The molecule has 0 unspecified atom stereocenters. The predicted octanol–water partition coefficient (Wildman–Crippen LogP) is 2.10. The molecule has 1 aliphatic rings. The Morgan fingerprint density at radius 3 is 2.48 bits per heavy atom. The standard InChI is InChI=1S/C15H24N4O2/c1-5-12-10-13(17-11-16-12)18-6-8-19(9-7-18)14(20)21-15(2,3)4/h10-11H,5-9H2,1-4H3. The van der Waals surface area contributed by atoms with E-state index in [1.54, 1.807) is 11.2 Å². The highest BCUT2D eigenvalue weighted by atomic mass is 16.6. The molecule has 1 amide bonds. The van der Waals surface area contributed by atoms with E-state index in [9.17, 15) is 4.79 Å². The molecule has 6 heteroatoms. The predicted molar refractivity (Wildman–Crippen MR) is 81.4 cm³/mol. The van der Waals surface area contributed by atoms with E-state index in [4.69, 9.17) is 4.74 Å². The minimum absolute atomic E-state index is 0.237. The summed E-state index contributed by atoms with van der Waals surface area (Å²) in [7, 11) is 0. The molecule has 0 atom stereocenters. The number of carbonyl (C=O) groups is 1. The molecule has 1 fully saturated rings. The number of rotatable bonds is 2. The van der Waals surface area contributed by atoms with Crippen molar-refractivity contribution in [2.24, 2.45) is 0 Å². The third kappa shape index (κ3) is 4.31. The summed E-state index contributed by atoms with van der Waals surface area (Å²) in [4.78, 5) is 24.5. The van der Waals surface area contributed by atoms with Crippen molar-refractivity contribution in [3.63, 3.8) is 0 Å². The number of aryl methyl sites for hydroxylation is 1. The lowest BCUT2D eigenvalue weighted by Crippen LogP contribution is -2.50. The first-order valence-electron chi connectivity index (χ1n) is 7.43. The van der Waals surface area contributed by atoms with Crippen molar-refractivity contribution < 1.29 is 9.53 Å². The normalized spacial score (nSPS) is 16.0. The van der Waals surface area contributed by atoms with Crippen LogP contribution in [0.25, 0.3) is 0 Å². The van der Waals surface area contributed by atoms with E-state index in [1.165, 1.54) is 0 Å². The molecule has 1 aromatic heterocycles. The summed E-state index contributed by atoms with van der Waals surface area (Å²) < 4.78 is 5.40. The number of aromatic nitrogens is 2. The van der Waals surface area contributed by atoms with E-state index in [0.717, 1.165) is 31.0 Å². The fourth-order valence-electron chi connectivity index (χ4n) is 2.20. The van der Waals surface area contributed by atoms with E-state index >= 15 is 0 Å². The van der Waals surface area contributed by atoms with Crippen molar-refractivity contribution in [2.45, 2.75) is 39.7 Å². The second-order valence-corrected chi connectivity index (χ2v) is 6.18. The molecule has 0 spiro atoms. The highest BCUT2D eigenvalue weighted by Crippen LogP contribution is 2.16. The van der Waals surface area contributed by atoms with E-state index in [-0.39, 0.29) is 6.09 Å². The van der Waals surface area contributed by atoms with Gasteiger partial charge in [-0.3, -0.25) is 0 Å². The lowest BCUT2D eigenvalue weighted by atomic mass is 10.2. The maximum absolute atomic E-state index is 12.0. The Morgan fingerprint density at radius 1 is 1.24 bits per heavy atom. The molecule has 1 saturated heterocycles. The summed E-state index contributed by atoms with van der Waals surface area (Å²) in [5, 5.41) is 0. The molecule has 2 rings (SSSR count). The fraction of sp³-hybridized carbons (Fsp3) is 0.667. The van der Waals surface area contributed by atoms with Crippen LogP contribution in [0.4, 0.5) is 10.6 Å². The monoisotopic (exact) mass is 292 g/mol. The average molecular weight is 292 g/mol. The van der Waals surface area contributed by atoms with Gasteiger partial charge in [-0.1, -0.05) is 6.92 Å². The number of carbonyl (C=O) groups excluding carboxylic acids is 1. The Hall–Kier alpha value is -1.85. The van der Waals surface area contributed by atoms with Gasteiger partial charge in [0, 0.05) is 37.9 Å². The molecule has 0 radical (unpaired) electrons.